The van der Waals surface area contributed by atoms with Crippen molar-refractivity contribution in [3.05, 3.63) is 60.3 Å². The highest BCUT2D eigenvalue weighted by atomic mass is 16.2. The summed E-state index contributed by atoms with van der Waals surface area (Å²) in [6.45, 7) is 6.42. The number of hydrogen-bond donors (Lipinski definition) is 3. The zero-order valence-corrected chi connectivity index (χ0v) is 20.3. The molecule has 0 aliphatic carbocycles. The number of rotatable bonds is 6. The number of anilines is 1. The SMILES string of the molecule is CC(C)C(=O)NC(Cc1c[nH]c2ccccc12)C(=O)N1CCCN(c2nc3ccccc3[nH]2)CC1. The van der Waals surface area contributed by atoms with E-state index in [-0.39, 0.29) is 17.7 Å². The van der Waals surface area contributed by atoms with E-state index in [1.807, 2.05) is 73.5 Å². The van der Waals surface area contributed by atoms with E-state index in [2.05, 4.69) is 20.2 Å². The number of benzene rings is 2. The maximum absolute atomic E-state index is 13.7. The summed E-state index contributed by atoms with van der Waals surface area (Å²) >= 11 is 0. The molecule has 3 heterocycles. The van der Waals surface area contributed by atoms with Crippen molar-refractivity contribution >= 4 is 39.7 Å². The molecule has 0 spiro atoms. The van der Waals surface area contributed by atoms with Crippen molar-refractivity contribution in [1.82, 2.24) is 25.2 Å². The van der Waals surface area contributed by atoms with Gasteiger partial charge in [0.1, 0.15) is 6.04 Å². The summed E-state index contributed by atoms with van der Waals surface area (Å²) in [7, 11) is 0. The van der Waals surface area contributed by atoms with Crippen molar-refractivity contribution in [3.63, 3.8) is 0 Å². The Labute approximate surface area is 204 Å². The molecule has 182 valence electrons. The molecule has 35 heavy (non-hydrogen) atoms. The largest absolute Gasteiger partial charge is 0.361 e. The van der Waals surface area contributed by atoms with Gasteiger partial charge in [0, 0.05) is 55.6 Å². The topological polar surface area (TPSA) is 97.1 Å². The molecule has 8 heteroatoms. The predicted octanol–water partition coefficient (Wildman–Crippen LogP) is 3.47. The first-order valence-corrected chi connectivity index (χ1v) is 12.3. The van der Waals surface area contributed by atoms with Crippen molar-refractivity contribution < 1.29 is 9.59 Å². The summed E-state index contributed by atoms with van der Waals surface area (Å²) < 4.78 is 0. The normalized spacial score (nSPS) is 15.5. The van der Waals surface area contributed by atoms with Gasteiger partial charge >= 0.3 is 0 Å². The summed E-state index contributed by atoms with van der Waals surface area (Å²) in [5.41, 5.74) is 4.01. The van der Waals surface area contributed by atoms with Crippen LogP contribution in [0, 0.1) is 5.92 Å². The number of para-hydroxylation sites is 3. The minimum Gasteiger partial charge on any atom is -0.361 e. The van der Waals surface area contributed by atoms with Crippen LogP contribution in [0.2, 0.25) is 0 Å². The predicted molar refractivity (Wildman–Crippen MR) is 138 cm³/mol. The summed E-state index contributed by atoms with van der Waals surface area (Å²) in [6.07, 6.45) is 3.23. The van der Waals surface area contributed by atoms with Crippen LogP contribution in [-0.2, 0) is 16.0 Å². The second-order valence-electron chi connectivity index (χ2n) is 9.52. The van der Waals surface area contributed by atoms with E-state index in [1.54, 1.807) is 0 Å². The number of carbonyl (C=O) groups excluding carboxylic acids is 2. The quantitative estimate of drug-likeness (QED) is 0.400. The lowest BCUT2D eigenvalue weighted by Gasteiger charge is -2.27. The third-order valence-corrected chi connectivity index (χ3v) is 6.72. The lowest BCUT2D eigenvalue weighted by Crippen LogP contribution is -2.51. The van der Waals surface area contributed by atoms with Gasteiger partial charge in [0.05, 0.1) is 11.0 Å². The number of hydrogen-bond acceptors (Lipinski definition) is 4. The van der Waals surface area contributed by atoms with Gasteiger partial charge < -0.3 is 25.1 Å². The van der Waals surface area contributed by atoms with Crippen LogP contribution in [0.4, 0.5) is 5.95 Å². The average molecular weight is 473 g/mol. The molecular formula is C27H32N6O2. The number of imidazole rings is 1. The molecule has 2 aromatic carbocycles. The van der Waals surface area contributed by atoms with Crippen molar-refractivity contribution in [2.45, 2.75) is 32.7 Å². The van der Waals surface area contributed by atoms with Gasteiger partial charge in [0.2, 0.25) is 17.8 Å². The molecule has 0 bridgehead atoms. The Balaban J connectivity index is 1.33. The maximum atomic E-state index is 13.7. The number of H-pyrrole nitrogens is 2. The van der Waals surface area contributed by atoms with Gasteiger partial charge in [-0.1, -0.05) is 44.2 Å². The number of carbonyl (C=O) groups is 2. The van der Waals surface area contributed by atoms with E-state index >= 15 is 0 Å². The zero-order valence-electron chi connectivity index (χ0n) is 20.3. The number of nitrogens with one attached hydrogen (secondary N) is 3. The molecule has 2 amide bonds. The van der Waals surface area contributed by atoms with E-state index in [4.69, 9.17) is 4.98 Å². The first-order chi connectivity index (χ1) is 17.0. The molecule has 1 aliphatic heterocycles. The van der Waals surface area contributed by atoms with Gasteiger partial charge in [-0.3, -0.25) is 9.59 Å². The van der Waals surface area contributed by atoms with Crippen LogP contribution < -0.4 is 10.2 Å². The molecule has 1 aliphatic rings. The van der Waals surface area contributed by atoms with E-state index in [0.29, 0.717) is 26.1 Å². The number of fused-ring (bicyclic) bond motifs is 2. The molecule has 3 N–H and O–H groups in total. The Morgan fingerprint density at radius 2 is 1.77 bits per heavy atom. The third kappa shape index (κ3) is 4.87. The summed E-state index contributed by atoms with van der Waals surface area (Å²) in [5, 5.41) is 4.10. The van der Waals surface area contributed by atoms with Gasteiger partial charge in [-0.15, -0.1) is 0 Å². The minimum atomic E-state index is -0.609. The van der Waals surface area contributed by atoms with Gasteiger partial charge in [0.25, 0.3) is 0 Å². The third-order valence-electron chi connectivity index (χ3n) is 6.72. The van der Waals surface area contributed by atoms with Crippen LogP contribution in [0.3, 0.4) is 0 Å². The molecule has 5 rings (SSSR count). The first kappa shape index (κ1) is 23.0. The van der Waals surface area contributed by atoms with E-state index in [9.17, 15) is 9.59 Å². The van der Waals surface area contributed by atoms with E-state index < -0.39 is 6.04 Å². The maximum Gasteiger partial charge on any atom is 0.245 e. The molecule has 1 saturated heterocycles. The first-order valence-electron chi connectivity index (χ1n) is 12.3. The lowest BCUT2D eigenvalue weighted by atomic mass is 10.0. The highest BCUT2D eigenvalue weighted by molar-refractivity contribution is 5.90. The number of amides is 2. The Morgan fingerprint density at radius 1 is 1.00 bits per heavy atom. The van der Waals surface area contributed by atoms with Crippen LogP contribution in [0.5, 0.6) is 0 Å². The standard InChI is InChI=1S/C27H32N6O2/c1-18(2)25(34)29-24(16-19-17-28-21-9-4-3-8-20(19)21)26(35)32-12-7-13-33(15-14-32)27-30-22-10-5-6-11-23(22)31-27/h3-6,8-11,17-18,24,28H,7,12-16H2,1-2H3,(H,29,34)(H,30,31). The van der Waals surface area contributed by atoms with Crippen LogP contribution in [0.1, 0.15) is 25.8 Å². The summed E-state index contributed by atoms with van der Waals surface area (Å²) in [6, 6.07) is 15.4. The highest BCUT2D eigenvalue weighted by Gasteiger charge is 2.29. The van der Waals surface area contributed by atoms with Crippen molar-refractivity contribution in [1.29, 1.82) is 0 Å². The molecule has 8 nitrogen and oxygen atoms in total. The Hall–Kier alpha value is -3.81. The van der Waals surface area contributed by atoms with Crippen molar-refractivity contribution in [2.75, 3.05) is 31.1 Å². The van der Waals surface area contributed by atoms with E-state index in [1.165, 1.54) is 0 Å². The van der Waals surface area contributed by atoms with Crippen molar-refractivity contribution in [2.24, 2.45) is 5.92 Å². The fourth-order valence-corrected chi connectivity index (χ4v) is 4.72. The fraction of sp³-hybridized carbons (Fsp3) is 0.370. The second kappa shape index (κ2) is 9.82. The summed E-state index contributed by atoms with van der Waals surface area (Å²) in [5.74, 6) is 0.502. The number of aromatic amines is 2. The van der Waals surface area contributed by atoms with Gasteiger partial charge in [-0.2, -0.15) is 0 Å². The average Bonchev–Trinajstić information content (AvgIpc) is 3.39. The van der Waals surface area contributed by atoms with Crippen LogP contribution in [0.25, 0.3) is 21.9 Å². The van der Waals surface area contributed by atoms with Crippen LogP contribution in [-0.4, -0.2) is 63.9 Å². The van der Waals surface area contributed by atoms with E-state index in [0.717, 1.165) is 46.4 Å². The molecule has 1 atom stereocenters. The zero-order chi connectivity index (χ0) is 24.4. The second-order valence-corrected chi connectivity index (χ2v) is 9.52. The van der Waals surface area contributed by atoms with Gasteiger partial charge in [-0.05, 0) is 30.2 Å². The Kier molecular flexibility index (Phi) is 6.44. The number of nitrogens with zero attached hydrogens (tertiary/aromatic N) is 3. The number of aromatic nitrogens is 3. The molecular weight excluding hydrogens is 440 g/mol. The molecule has 0 saturated carbocycles. The summed E-state index contributed by atoms with van der Waals surface area (Å²) in [4.78, 5) is 41.8. The molecule has 1 unspecified atom stereocenters. The Morgan fingerprint density at radius 3 is 2.57 bits per heavy atom. The van der Waals surface area contributed by atoms with Crippen LogP contribution >= 0.6 is 0 Å². The molecule has 0 radical (unpaired) electrons. The van der Waals surface area contributed by atoms with Crippen molar-refractivity contribution in [3.8, 4) is 0 Å². The Bertz CT molecular complexity index is 1310. The van der Waals surface area contributed by atoms with Crippen LogP contribution in [0.15, 0.2) is 54.7 Å². The molecule has 1 fully saturated rings. The fourth-order valence-electron chi connectivity index (χ4n) is 4.72. The molecule has 4 aromatic rings. The lowest BCUT2D eigenvalue weighted by molar-refractivity contribution is -0.137. The minimum absolute atomic E-state index is 0.0317. The highest BCUT2D eigenvalue weighted by Crippen LogP contribution is 2.21. The monoisotopic (exact) mass is 472 g/mol. The van der Waals surface area contributed by atoms with Gasteiger partial charge in [-0.25, -0.2) is 4.98 Å². The smallest absolute Gasteiger partial charge is 0.245 e. The molecule has 2 aromatic heterocycles. The van der Waals surface area contributed by atoms with Gasteiger partial charge in [0.15, 0.2) is 0 Å².